The van der Waals surface area contributed by atoms with Crippen molar-refractivity contribution in [2.75, 3.05) is 0 Å². The van der Waals surface area contributed by atoms with E-state index in [0.29, 0.717) is 24.6 Å². The quantitative estimate of drug-likeness (QED) is 0.367. The largest absolute Gasteiger partial charge is 0.344 e. The molecule has 0 fully saturated rings. The van der Waals surface area contributed by atoms with Gasteiger partial charge in [0, 0.05) is 28.7 Å². The van der Waals surface area contributed by atoms with Gasteiger partial charge in [-0.15, -0.1) is 11.3 Å². The lowest BCUT2D eigenvalue weighted by atomic mass is 10.0. The van der Waals surface area contributed by atoms with E-state index < -0.39 is 0 Å². The summed E-state index contributed by atoms with van der Waals surface area (Å²) in [5, 5.41) is 13.1. The van der Waals surface area contributed by atoms with Crippen LogP contribution in [0.2, 0.25) is 0 Å². The number of rotatable bonds is 9. The molecule has 1 aromatic carbocycles. The van der Waals surface area contributed by atoms with Crippen LogP contribution in [0.3, 0.4) is 0 Å². The van der Waals surface area contributed by atoms with E-state index in [1.807, 2.05) is 28.3 Å². The van der Waals surface area contributed by atoms with Gasteiger partial charge < -0.3 is 9.84 Å². The molecule has 1 atom stereocenters. The predicted octanol–water partition coefficient (Wildman–Crippen LogP) is 5.65. The maximum atomic E-state index is 12.7. The normalized spacial score (nSPS) is 12.0. The van der Waals surface area contributed by atoms with E-state index in [9.17, 15) is 4.79 Å². The summed E-state index contributed by atoms with van der Waals surface area (Å²) in [4.78, 5) is 18.2. The molecule has 4 rings (SSSR count). The minimum absolute atomic E-state index is 0.0404. The Hall–Kier alpha value is -2.77. The van der Waals surface area contributed by atoms with Crippen molar-refractivity contribution in [2.45, 2.75) is 38.6 Å². The van der Waals surface area contributed by atoms with Crippen LogP contribution in [0.4, 0.5) is 0 Å². The van der Waals surface area contributed by atoms with Gasteiger partial charge >= 0.3 is 0 Å². The molecule has 3 aromatic heterocycles. The van der Waals surface area contributed by atoms with Crippen molar-refractivity contribution in [3.05, 3.63) is 80.5 Å². The minimum atomic E-state index is -0.155. The lowest BCUT2D eigenvalue weighted by Crippen LogP contribution is -2.29. The number of nitrogens with zero attached hydrogens (tertiary/aromatic N) is 2. The number of aryl methyl sites for hydroxylation is 2. The number of carbonyl (C=O) groups excluding carboxylic acids is 1. The molecule has 1 unspecified atom stereocenters. The third-order valence-corrected chi connectivity index (χ3v) is 6.42. The molecule has 1 N–H and O–H groups in total. The van der Waals surface area contributed by atoms with Gasteiger partial charge in [0.05, 0.1) is 6.04 Å². The first-order valence-corrected chi connectivity index (χ1v) is 11.8. The molecule has 7 heteroatoms. The third-order valence-electron chi connectivity index (χ3n) is 4.80. The van der Waals surface area contributed by atoms with E-state index in [0.717, 1.165) is 28.8 Å². The van der Waals surface area contributed by atoms with Gasteiger partial charge in [0.25, 0.3) is 0 Å². The topological polar surface area (TPSA) is 68.0 Å². The first kappa shape index (κ1) is 20.5. The lowest BCUT2D eigenvalue weighted by Gasteiger charge is -2.18. The summed E-state index contributed by atoms with van der Waals surface area (Å²) in [6, 6.07) is 14.4. The number of hydrogen-bond donors (Lipinski definition) is 1. The van der Waals surface area contributed by atoms with Gasteiger partial charge in [0.1, 0.15) is 0 Å². The molecule has 0 aliphatic carbocycles. The van der Waals surface area contributed by atoms with Gasteiger partial charge in [-0.3, -0.25) is 4.79 Å². The molecule has 0 radical (unpaired) electrons. The fraction of sp³-hybridized carbons (Fsp3) is 0.261. The van der Waals surface area contributed by atoms with E-state index in [4.69, 9.17) is 4.52 Å². The van der Waals surface area contributed by atoms with Gasteiger partial charge in [-0.05, 0) is 40.4 Å². The van der Waals surface area contributed by atoms with E-state index in [2.05, 4.69) is 52.7 Å². The summed E-state index contributed by atoms with van der Waals surface area (Å²) >= 11 is 3.23. The molecule has 3 heterocycles. The SMILES string of the molecule is CCCc1ccc(C(NC(=O)CCc2nc(-c3ccsc3)no2)c2cccs2)cc1. The monoisotopic (exact) mass is 437 g/mol. The number of hydrogen-bond acceptors (Lipinski definition) is 6. The minimum Gasteiger partial charge on any atom is -0.344 e. The summed E-state index contributed by atoms with van der Waals surface area (Å²) in [6.07, 6.45) is 2.89. The molecular weight excluding hydrogens is 414 g/mol. The van der Waals surface area contributed by atoms with Crippen LogP contribution in [-0.4, -0.2) is 16.0 Å². The van der Waals surface area contributed by atoms with Crippen molar-refractivity contribution < 1.29 is 9.32 Å². The zero-order chi connectivity index (χ0) is 20.8. The summed E-state index contributed by atoms with van der Waals surface area (Å²) in [5.41, 5.74) is 3.34. The highest BCUT2D eigenvalue weighted by Crippen LogP contribution is 2.27. The Kier molecular flexibility index (Phi) is 6.71. The first-order valence-electron chi connectivity index (χ1n) is 9.99. The van der Waals surface area contributed by atoms with E-state index in [1.54, 1.807) is 22.7 Å². The highest BCUT2D eigenvalue weighted by Gasteiger charge is 2.19. The third kappa shape index (κ3) is 5.04. The van der Waals surface area contributed by atoms with Crippen molar-refractivity contribution in [2.24, 2.45) is 0 Å². The zero-order valence-corrected chi connectivity index (χ0v) is 18.3. The average molecular weight is 438 g/mol. The Morgan fingerprint density at radius 2 is 2.00 bits per heavy atom. The molecule has 5 nitrogen and oxygen atoms in total. The molecule has 154 valence electrons. The molecule has 0 saturated carbocycles. The molecule has 30 heavy (non-hydrogen) atoms. The number of thiophene rings is 2. The molecule has 4 aromatic rings. The molecule has 0 aliphatic rings. The maximum Gasteiger partial charge on any atom is 0.227 e. The Labute approximate surface area is 183 Å². The molecular formula is C23H23N3O2S2. The fourth-order valence-corrected chi connectivity index (χ4v) is 4.70. The number of nitrogens with one attached hydrogen (secondary N) is 1. The summed E-state index contributed by atoms with van der Waals surface area (Å²) < 4.78 is 5.30. The lowest BCUT2D eigenvalue weighted by molar-refractivity contribution is -0.121. The Balaban J connectivity index is 1.41. The van der Waals surface area contributed by atoms with Crippen LogP contribution >= 0.6 is 22.7 Å². The second kappa shape index (κ2) is 9.82. The molecule has 0 bridgehead atoms. The predicted molar refractivity (Wildman–Crippen MR) is 121 cm³/mol. The summed E-state index contributed by atoms with van der Waals surface area (Å²) in [6.45, 7) is 2.18. The van der Waals surface area contributed by atoms with Crippen molar-refractivity contribution in [1.82, 2.24) is 15.5 Å². The van der Waals surface area contributed by atoms with Crippen LogP contribution in [0.25, 0.3) is 11.4 Å². The van der Waals surface area contributed by atoms with Gasteiger partial charge in [-0.2, -0.15) is 16.3 Å². The van der Waals surface area contributed by atoms with E-state index in [-0.39, 0.29) is 11.9 Å². The van der Waals surface area contributed by atoms with Crippen molar-refractivity contribution in [1.29, 1.82) is 0 Å². The standard InChI is InChI=1S/C23H23N3O2S2/c1-2-4-16-6-8-17(9-7-16)22(19-5-3-13-30-19)24-20(27)10-11-21-25-23(26-28-21)18-12-14-29-15-18/h3,5-9,12-15,22H,2,4,10-11H2,1H3,(H,24,27). The maximum absolute atomic E-state index is 12.7. The Bertz CT molecular complexity index is 1050. The van der Waals surface area contributed by atoms with E-state index in [1.165, 1.54) is 5.56 Å². The molecule has 0 aliphatic heterocycles. The van der Waals surface area contributed by atoms with Crippen LogP contribution in [0.1, 0.15) is 47.7 Å². The van der Waals surface area contributed by atoms with Gasteiger partial charge in [-0.25, -0.2) is 0 Å². The highest BCUT2D eigenvalue weighted by atomic mass is 32.1. The van der Waals surface area contributed by atoms with Crippen LogP contribution in [0.15, 0.2) is 63.1 Å². The molecule has 0 spiro atoms. The van der Waals surface area contributed by atoms with Crippen molar-refractivity contribution in [3.63, 3.8) is 0 Å². The van der Waals surface area contributed by atoms with Crippen LogP contribution in [-0.2, 0) is 17.6 Å². The fourth-order valence-electron chi connectivity index (χ4n) is 3.26. The zero-order valence-electron chi connectivity index (χ0n) is 16.7. The van der Waals surface area contributed by atoms with Crippen molar-refractivity contribution >= 4 is 28.6 Å². The smallest absolute Gasteiger partial charge is 0.227 e. The summed E-state index contributed by atoms with van der Waals surface area (Å²) in [7, 11) is 0. The van der Waals surface area contributed by atoms with Crippen LogP contribution < -0.4 is 5.32 Å². The Morgan fingerprint density at radius 1 is 1.13 bits per heavy atom. The van der Waals surface area contributed by atoms with Gasteiger partial charge in [-0.1, -0.05) is 48.8 Å². The van der Waals surface area contributed by atoms with Crippen LogP contribution in [0.5, 0.6) is 0 Å². The van der Waals surface area contributed by atoms with Crippen LogP contribution in [0, 0.1) is 0 Å². The molecule has 1 amide bonds. The van der Waals surface area contributed by atoms with Gasteiger partial charge in [0.2, 0.25) is 17.6 Å². The number of amides is 1. The number of benzene rings is 1. The number of carbonyl (C=O) groups is 1. The second-order valence-electron chi connectivity index (χ2n) is 7.03. The highest BCUT2D eigenvalue weighted by molar-refractivity contribution is 7.10. The first-order chi connectivity index (χ1) is 14.7. The Morgan fingerprint density at radius 3 is 2.70 bits per heavy atom. The van der Waals surface area contributed by atoms with E-state index >= 15 is 0 Å². The number of aromatic nitrogens is 2. The summed E-state index contributed by atoms with van der Waals surface area (Å²) in [5.74, 6) is 1.000. The molecule has 0 saturated heterocycles. The van der Waals surface area contributed by atoms with Gasteiger partial charge in [0.15, 0.2) is 0 Å². The second-order valence-corrected chi connectivity index (χ2v) is 8.79. The van der Waals surface area contributed by atoms with Crippen molar-refractivity contribution in [3.8, 4) is 11.4 Å². The average Bonchev–Trinajstić information content (AvgIpc) is 3.54.